The average Bonchev–Trinajstić information content (AvgIpc) is 2.45. The van der Waals surface area contributed by atoms with Crippen LogP contribution in [0.3, 0.4) is 0 Å². The molecule has 4 heteroatoms. The normalized spacial score (nSPS) is 23.1. The second kappa shape index (κ2) is 6.55. The lowest BCUT2D eigenvalue weighted by atomic mass is 10.0. The molecule has 0 aromatic heterocycles. The lowest BCUT2D eigenvalue weighted by Gasteiger charge is -2.35. The lowest BCUT2D eigenvalue weighted by molar-refractivity contribution is 0.262. The predicted octanol–water partition coefficient (Wildman–Crippen LogP) is 2.85. The summed E-state index contributed by atoms with van der Waals surface area (Å²) < 4.78 is 0. The van der Waals surface area contributed by atoms with Crippen molar-refractivity contribution in [2.75, 3.05) is 13.1 Å². The molecule has 2 rings (SSSR count). The highest BCUT2D eigenvalue weighted by atomic mass is 15.3. The number of nitrogens with zero attached hydrogens (tertiary/aromatic N) is 1. The number of likely N-dealkylation sites (tertiary alicyclic amines) is 1. The number of piperidine rings is 1. The Morgan fingerprint density at radius 1 is 1.25 bits per heavy atom. The third-order valence-corrected chi connectivity index (χ3v) is 3.63. The first-order valence-corrected chi connectivity index (χ1v) is 7.34. The van der Waals surface area contributed by atoms with Crippen molar-refractivity contribution >= 4 is 11.4 Å². The molecular weight excluding hydrogens is 248 g/mol. The van der Waals surface area contributed by atoms with Gasteiger partial charge in [0.25, 0.3) is 0 Å². The van der Waals surface area contributed by atoms with Crippen LogP contribution in [0.4, 0.5) is 0 Å². The van der Waals surface area contributed by atoms with Crippen LogP contribution in [0.1, 0.15) is 33.1 Å². The Morgan fingerprint density at radius 2 is 1.95 bits per heavy atom. The summed E-state index contributed by atoms with van der Waals surface area (Å²) in [7, 11) is 0. The zero-order valence-electron chi connectivity index (χ0n) is 12.4. The number of hydrogen-bond donors (Lipinski definition) is 3. The largest absolute Gasteiger partial charge is 0.365 e. The van der Waals surface area contributed by atoms with Crippen molar-refractivity contribution in [3.63, 3.8) is 0 Å². The van der Waals surface area contributed by atoms with Gasteiger partial charge in [0.15, 0.2) is 0 Å². The van der Waals surface area contributed by atoms with Gasteiger partial charge in [-0.05, 0) is 45.3 Å². The third-order valence-electron chi connectivity index (χ3n) is 3.63. The Kier molecular flexibility index (Phi) is 4.77. The Hall–Kier alpha value is -1.84. The molecule has 0 radical (unpaired) electrons. The molecule has 0 aromatic rings. The van der Waals surface area contributed by atoms with Crippen LogP contribution in [0.25, 0.3) is 0 Å². The van der Waals surface area contributed by atoms with Gasteiger partial charge in [-0.15, -0.1) is 0 Å². The van der Waals surface area contributed by atoms with E-state index in [2.05, 4.69) is 23.2 Å². The number of nitrogens with one attached hydrogen (secondary N) is 3. The second-order valence-corrected chi connectivity index (χ2v) is 5.53. The average molecular weight is 272 g/mol. The van der Waals surface area contributed by atoms with Crippen LogP contribution < -0.4 is 5.32 Å². The van der Waals surface area contributed by atoms with E-state index in [1.54, 1.807) is 19.1 Å². The highest BCUT2D eigenvalue weighted by molar-refractivity contribution is 6.11. The minimum Gasteiger partial charge on any atom is -0.365 e. The fourth-order valence-electron chi connectivity index (χ4n) is 2.56. The minimum atomic E-state index is 0.303. The predicted molar refractivity (Wildman–Crippen MR) is 84.5 cm³/mol. The third kappa shape index (κ3) is 3.59. The van der Waals surface area contributed by atoms with E-state index in [9.17, 15) is 0 Å². The summed E-state index contributed by atoms with van der Waals surface area (Å²) in [5.41, 5.74) is 1.87. The molecule has 2 aliphatic rings. The maximum atomic E-state index is 8.23. The smallest absolute Gasteiger partial charge is 0.111 e. The van der Waals surface area contributed by atoms with Crippen LogP contribution in [0.15, 0.2) is 35.7 Å². The maximum absolute atomic E-state index is 8.23. The van der Waals surface area contributed by atoms with Gasteiger partial charge in [0.2, 0.25) is 0 Å². The van der Waals surface area contributed by atoms with Crippen molar-refractivity contribution in [2.24, 2.45) is 0 Å². The molecule has 0 spiro atoms. The van der Waals surface area contributed by atoms with Gasteiger partial charge in [0.05, 0.1) is 5.71 Å². The summed E-state index contributed by atoms with van der Waals surface area (Å²) >= 11 is 0. The molecule has 2 aliphatic heterocycles. The van der Waals surface area contributed by atoms with E-state index in [1.165, 1.54) is 19.3 Å². The molecule has 108 valence electrons. The number of rotatable bonds is 4. The summed E-state index contributed by atoms with van der Waals surface area (Å²) in [6.07, 6.45) is 11.3. The quantitative estimate of drug-likeness (QED) is 0.689. The van der Waals surface area contributed by atoms with Gasteiger partial charge in [-0.1, -0.05) is 12.2 Å². The van der Waals surface area contributed by atoms with Crippen LogP contribution in [-0.2, 0) is 0 Å². The number of allylic oxidation sites excluding steroid dienone is 4. The highest BCUT2D eigenvalue weighted by Crippen LogP contribution is 2.21. The van der Waals surface area contributed by atoms with Crippen molar-refractivity contribution in [1.29, 1.82) is 10.8 Å². The molecule has 0 bridgehead atoms. The molecule has 4 nitrogen and oxygen atoms in total. The van der Waals surface area contributed by atoms with Crippen LogP contribution in [0, 0.1) is 10.8 Å². The molecule has 0 aromatic carbocycles. The molecule has 0 aliphatic carbocycles. The standard InChI is InChI=1S/C16H24N4/c1-12(17)6-9-15(18)14-8-7-13(2)19-16(14)20-10-4-3-5-11-20/h6-9,13,17-19H,3-5,10-11H2,1-2H3/b9-6-,17-12?,18-15?. The van der Waals surface area contributed by atoms with E-state index in [-0.39, 0.29) is 0 Å². The van der Waals surface area contributed by atoms with Crippen LogP contribution in [0.5, 0.6) is 0 Å². The maximum Gasteiger partial charge on any atom is 0.111 e. The van der Waals surface area contributed by atoms with Gasteiger partial charge < -0.3 is 21.0 Å². The molecule has 0 saturated carbocycles. The number of dihydropyridines is 1. The van der Waals surface area contributed by atoms with Gasteiger partial charge in [-0.2, -0.15) is 0 Å². The van der Waals surface area contributed by atoms with Gasteiger partial charge in [0.1, 0.15) is 5.82 Å². The molecule has 1 atom stereocenters. The first-order chi connectivity index (χ1) is 9.58. The van der Waals surface area contributed by atoms with E-state index >= 15 is 0 Å². The minimum absolute atomic E-state index is 0.303. The van der Waals surface area contributed by atoms with Crippen LogP contribution in [-0.4, -0.2) is 35.5 Å². The van der Waals surface area contributed by atoms with E-state index in [0.717, 1.165) is 24.5 Å². The first-order valence-electron chi connectivity index (χ1n) is 7.34. The van der Waals surface area contributed by atoms with Crippen LogP contribution >= 0.6 is 0 Å². The molecule has 1 fully saturated rings. The Morgan fingerprint density at radius 3 is 2.60 bits per heavy atom. The summed E-state index contributed by atoms with van der Waals surface area (Å²) in [5, 5.41) is 19.2. The topological polar surface area (TPSA) is 63.0 Å². The van der Waals surface area contributed by atoms with E-state index in [1.807, 2.05) is 6.08 Å². The second-order valence-electron chi connectivity index (χ2n) is 5.53. The van der Waals surface area contributed by atoms with E-state index in [4.69, 9.17) is 10.8 Å². The summed E-state index contributed by atoms with van der Waals surface area (Å²) in [6.45, 7) is 5.97. The molecule has 3 N–H and O–H groups in total. The lowest BCUT2D eigenvalue weighted by Crippen LogP contribution is -2.41. The molecule has 20 heavy (non-hydrogen) atoms. The number of hydrogen-bond acceptors (Lipinski definition) is 4. The van der Waals surface area contributed by atoms with Crippen molar-refractivity contribution in [3.05, 3.63) is 35.7 Å². The van der Waals surface area contributed by atoms with Crippen molar-refractivity contribution in [3.8, 4) is 0 Å². The van der Waals surface area contributed by atoms with E-state index < -0.39 is 0 Å². The summed E-state index contributed by atoms with van der Waals surface area (Å²) in [4.78, 5) is 2.36. The molecular formula is C16H24N4. The molecule has 1 unspecified atom stereocenters. The fourth-order valence-corrected chi connectivity index (χ4v) is 2.56. The highest BCUT2D eigenvalue weighted by Gasteiger charge is 2.21. The van der Waals surface area contributed by atoms with Gasteiger partial charge in [0, 0.05) is 30.4 Å². The molecule has 1 saturated heterocycles. The van der Waals surface area contributed by atoms with Crippen molar-refractivity contribution < 1.29 is 0 Å². The Balaban J connectivity index is 2.25. The van der Waals surface area contributed by atoms with Gasteiger partial charge in [-0.25, -0.2) is 0 Å². The molecule has 0 amide bonds. The SMILES string of the molecule is CC(=N)/C=C\C(=N)C1=C(N2CCCCC2)NC(C)C=C1. The van der Waals surface area contributed by atoms with Gasteiger partial charge >= 0.3 is 0 Å². The zero-order chi connectivity index (χ0) is 14.5. The summed E-state index contributed by atoms with van der Waals surface area (Å²) in [5.74, 6) is 1.08. The van der Waals surface area contributed by atoms with Crippen LogP contribution in [0.2, 0.25) is 0 Å². The Labute approximate surface area is 121 Å². The monoisotopic (exact) mass is 272 g/mol. The van der Waals surface area contributed by atoms with Crippen molar-refractivity contribution in [1.82, 2.24) is 10.2 Å². The first kappa shape index (κ1) is 14.6. The fraction of sp³-hybridized carbons (Fsp3) is 0.500. The van der Waals surface area contributed by atoms with Crippen molar-refractivity contribution in [2.45, 2.75) is 39.2 Å². The summed E-state index contributed by atoms with van der Waals surface area (Å²) in [6, 6.07) is 0.303. The zero-order valence-corrected chi connectivity index (χ0v) is 12.4. The van der Waals surface area contributed by atoms with E-state index in [0.29, 0.717) is 17.5 Å². The van der Waals surface area contributed by atoms with Gasteiger partial charge in [-0.3, -0.25) is 0 Å². The molecule has 2 heterocycles. The Bertz CT molecular complexity index is 479.